The first-order valence-electron chi connectivity index (χ1n) is 4.44. The van der Waals surface area contributed by atoms with Crippen LogP contribution in [0.3, 0.4) is 0 Å². The minimum atomic E-state index is 0. The first-order chi connectivity index (χ1) is 6.84. The third-order valence-electron chi connectivity index (χ3n) is 1.82. The second kappa shape index (κ2) is 5.78. The molecule has 2 aromatic rings. The van der Waals surface area contributed by atoms with Gasteiger partial charge in [0.05, 0.1) is 5.75 Å². The maximum absolute atomic E-state index is 4.25. The van der Waals surface area contributed by atoms with Gasteiger partial charge in [-0.15, -0.1) is 11.8 Å². The lowest BCUT2D eigenvalue weighted by molar-refractivity contribution is -0.378. The SMILES string of the molecule is Cc1cnc(CSc2cc[nH+]cc2)[nH]1.[Cl-]. The van der Waals surface area contributed by atoms with Crippen molar-refractivity contribution in [2.45, 2.75) is 17.6 Å². The van der Waals surface area contributed by atoms with Crippen molar-refractivity contribution < 1.29 is 17.4 Å². The number of nitrogens with zero attached hydrogens (tertiary/aromatic N) is 1. The second-order valence-electron chi connectivity index (χ2n) is 3.04. The molecule has 2 N–H and O–H groups in total. The zero-order valence-electron chi connectivity index (χ0n) is 8.33. The van der Waals surface area contributed by atoms with E-state index in [9.17, 15) is 0 Å². The molecule has 0 unspecified atom stereocenters. The van der Waals surface area contributed by atoms with Crippen LogP contribution in [0.15, 0.2) is 35.6 Å². The smallest absolute Gasteiger partial charge is 0.168 e. The Morgan fingerprint density at radius 2 is 2.13 bits per heavy atom. The number of imidazole rings is 1. The Morgan fingerprint density at radius 3 is 2.73 bits per heavy atom. The third kappa shape index (κ3) is 3.57. The van der Waals surface area contributed by atoms with Crippen LogP contribution >= 0.6 is 11.8 Å². The lowest BCUT2D eigenvalue weighted by Crippen LogP contribution is -3.00. The monoisotopic (exact) mass is 241 g/mol. The highest BCUT2D eigenvalue weighted by molar-refractivity contribution is 7.98. The molecule has 0 aliphatic rings. The van der Waals surface area contributed by atoms with Crippen molar-refractivity contribution in [3.8, 4) is 0 Å². The molecular formula is C10H12ClN3S. The van der Waals surface area contributed by atoms with Gasteiger partial charge in [0.1, 0.15) is 5.82 Å². The van der Waals surface area contributed by atoms with Crippen LogP contribution in [-0.4, -0.2) is 9.97 Å². The summed E-state index contributed by atoms with van der Waals surface area (Å²) in [7, 11) is 0. The predicted molar refractivity (Wildman–Crippen MR) is 55.9 cm³/mol. The van der Waals surface area contributed by atoms with Gasteiger partial charge in [-0.3, -0.25) is 0 Å². The first kappa shape index (κ1) is 12.1. The van der Waals surface area contributed by atoms with E-state index in [0.717, 1.165) is 17.3 Å². The molecule has 0 aromatic carbocycles. The summed E-state index contributed by atoms with van der Waals surface area (Å²) in [5.74, 6) is 1.91. The molecule has 2 heterocycles. The number of aromatic amines is 2. The minimum absolute atomic E-state index is 0. The topological polar surface area (TPSA) is 42.8 Å². The number of nitrogens with one attached hydrogen (secondary N) is 2. The zero-order chi connectivity index (χ0) is 9.80. The maximum atomic E-state index is 4.25. The molecule has 0 amide bonds. The van der Waals surface area contributed by atoms with Crippen molar-refractivity contribution in [3.05, 3.63) is 42.2 Å². The lowest BCUT2D eigenvalue weighted by atomic mass is 10.5. The van der Waals surface area contributed by atoms with E-state index in [1.54, 1.807) is 11.8 Å². The van der Waals surface area contributed by atoms with E-state index in [2.05, 4.69) is 27.1 Å². The molecular weight excluding hydrogens is 230 g/mol. The Morgan fingerprint density at radius 1 is 1.40 bits per heavy atom. The van der Waals surface area contributed by atoms with E-state index < -0.39 is 0 Å². The summed E-state index contributed by atoms with van der Waals surface area (Å²) in [4.78, 5) is 11.7. The highest BCUT2D eigenvalue weighted by Crippen LogP contribution is 2.19. The predicted octanol–water partition coefficient (Wildman–Crippen LogP) is -1.17. The van der Waals surface area contributed by atoms with Crippen molar-refractivity contribution in [1.29, 1.82) is 0 Å². The number of rotatable bonds is 3. The van der Waals surface area contributed by atoms with Gasteiger partial charge in [0.15, 0.2) is 12.4 Å². The van der Waals surface area contributed by atoms with Gasteiger partial charge in [0.2, 0.25) is 0 Å². The van der Waals surface area contributed by atoms with Crippen LogP contribution in [0.4, 0.5) is 0 Å². The van der Waals surface area contributed by atoms with Gasteiger partial charge >= 0.3 is 0 Å². The minimum Gasteiger partial charge on any atom is -1.00 e. The average molecular weight is 242 g/mol. The Balaban J connectivity index is 0.00000112. The molecule has 0 radical (unpaired) electrons. The van der Waals surface area contributed by atoms with Gasteiger partial charge in [-0.05, 0) is 6.92 Å². The second-order valence-corrected chi connectivity index (χ2v) is 4.09. The van der Waals surface area contributed by atoms with Gasteiger partial charge in [0.25, 0.3) is 0 Å². The standard InChI is InChI=1S/C10H11N3S.ClH/c1-8-6-12-10(13-8)7-14-9-2-4-11-5-3-9;/h2-6H,7H2,1H3,(H,12,13);1H. The van der Waals surface area contributed by atoms with Crippen molar-refractivity contribution in [3.63, 3.8) is 0 Å². The van der Waals surface area contributed by atoms with Crippen LogP contribution in [0, 0.1) is 6.92 Å². The van der Waals surface area contributed by atoms with Gasteiger partial charge < -0.3 is 17.4 Å². The Labute approximate surface area is 99.1 Å². The summed E-state index contributed by atoms with van der Waals surface area (Å²) in [6, 6.07) is 4.11. The van der Waals surface area contributed by atoms with Crippen LogP contribution in [0.1, 0.15) is 11.5 Å². The fourth-order valence-corrected chi connectivity index (χ4v) is 1.94. The van der Waals surface area contributed by atoms with Gasteiger partial charge in [0, 0.05) is 28.9 Å². The van der Waals surface area contributed by atoms with Crippen LogP contribution in [0.5, 0.6) is 0 Å². The molecule has 2 rings (SSSR count). The van der Waals surface area contributed by atoms with Crippen LogP contribution in [0.2, 0.25) is 0 Å². The van der Waals surface area contributed by atoms with Crippen LogP contribution < -0.4 is 17.4 Å². The molecule has 0 bridgehead atoms. The van der Waals surface area contributed by atoms with Crippen molar-refractivity contribution in [1.82, 2.24) is 9.97 Å². The number of pyridine rings is 1. The van der Waals surface area contributed by atoms with Crippen LogP contribution in [0.25, 0.3) is 0 Å². The Hall–Kier alpha value is -1.00. The van der Waals surface area contributed by atoms with E-state index in [1.165, 1.54) is 4.90 Å². The number of hydrogen-bond donors (Lipinski definition) is 1. The summed E-state index contributed by atoms with van der Waals surface area (Å²) in [5.41, 5.74) is 1.11. The molecule has 80 valence electrons. The molecule has 3 nitrogen and oxygen atoms in total. The highest BCUT2D eigenvalue weighted by atomic mass is 35.5. The highest BCUT2D eigenvalue weighted by Gasteiger charge is 1.99. The van der Waals surface area contributed by atoms with Crippen molar-refractivity contribution >= 4 is 11.8 Å². The molecule has 0 atom stereocenters. The van der Waals surface area contributed by atoms with Gasteiger partial charge in [-0.2, -0.15) is 0 Å². The Kier molecular flexibility index (Phi) is 4.65. The van der Waals surface area contributed by atoms with E-state index in [4.69, 9.17) is 0 Å². The van der Waals surface area contributed by atoms with Gasteiger partial charge in [-0.1, -0.05) is 0 Å². The quantitative estimate of drug-likeness (QED) is 0.689. The number of halogens is 1. The fraction of sp³-hybridized carbons (Fsp3) is 0.200. The van der Waals surface area contributed by atoms with Crippen LogP contribution in [-0.2, 0) is 5.75 Å². The molecule has 0 aliphatic heterocycles. The number of aromatic nitrogens is 3. The summed E-state index contributed by atoms with van der Waals surface area (Å²) in [5, 5.41) is 0. The van der Waals surface area contributed by atoms with E-state index in [-0.39, 0.29) is 12.4 Å². The van der Waals surface area contributed by atoms with Crippen molar-refractivity contribution in [2.24, 2.45) is 0 Å². The molecule has 2 aromatic heterocycles. The van der Waals surface area contributed by atoms with Crippen molar-refractivity contribution in [2.75, 3.05) is 0 Å². The fourth-order valence-electron chi connectivity index (χ4n) is 1.16. The summed E-state index contributed by atoms with van der Waals surface area (Å²) in [6.07, 6.45) is 5.71. The molecule has 0 saturated carbocycles. The molecule has 5 heteroatoms. The summed E-state index contributed by atoms with van der Waals surface area (Å²) >= 11 is 1.77. The molecule has 0 saturated heterocycles. The molecule has 15 heavy (non-hydrogen) atoms. The van der Waals surface area contributed by atoms with E-state index >= 15 is 0 Å². The van der Waals surface area contributed by atoms with Gasteiger partial charge in [-0.25, -0.2) is 9.97 Å². The first-order valence-corrected chi connectivity index (χ1v) is 5.42. The summed E-state index contributed by atoms with van der Waals surface area (Å²) < 4.78 is 0. The van der Waals surface area contributed by atoms with E-state index in [0.29, 0.717) is 0 Å². The molecule has 0 spiro atoms. The molecule has 0 aliphatic carbocycles. The number of hydrogen-bond acceptors (Lipinski definition) is 2. The normalized spacial score (nSPS) is 9.67. The Bertz CT molecular complexity index is 402. The largest absolute Gasteiger partial charge is 1.00 e. The maximum Gasteiger partial charge on any atom is 0.168 e. The number of aryl methyl sites for hydroxylation is 1. The number of thioether (sulfide) groups is 1. The molecule has 0 fully saturated rings. The average Bonchev–Trinajstić information content (AvgIpc) is 2.63. The summed E-state index contributed by atoms with van der Waals surface area (Å²) in [6.45, 7) is 2.01. The number of H-pyrrole nitrogens is 2. The third-order valence-corrected chi connectivity index (χ3v) is 2.84. The lowest BCUT2D eigenvalue weighted by Gasteiger charge is -1.95. The zero-order valence-corrected chi connectivity index (χ0v) is 9.90. The van der Waals surface area contributed by atoms with E-state index in [1.807, 2.05) is 25.5 Å².